The second kappa shape index (κ2) is 7.12. The zero-order valence-electron chi connectivity index (χ0n) is 13.4. The highest BCUT2D eigenvalue weighted by molar-refractivity contribution is 5.47. The van der Waals surface area contributed by atoms with Gasteiger partial charge in [-0.3, -0.25) is 0 Å². The zero-order valence-corrected chi connectivity index (χ0v) is 13.4. The maximum Gasteiger partial charge on any atom is 0.0366 e. The van der Waals surface area contributed by atoms with Gasteiger partial charge in [-0.1, -0.05) is 32.9 Å². The summed E-state index contributed by atoms with van der Waals surface area (Å²) in [6.07, 6.45) is 5.16. The molecule has 1 aliphatic rings. The molecule has 2 heteroatoms. The van der Waals surface area contributed by atoms with Crippen LogP contribution in [0.1, 0.15) is 52.0 Å². The van der Waals surface area contributed by atoms with Gasteiger partial charge in [0.05, 0.1) is 0 Å². The molecule has 0 spiro atoms. The molecule has 0 unspecified atom stereocenters. The minimum absolute atomic E-state index is 0.513. The monoisotopic (exact) mass is 274 g/mol. The van der Waals surface area contributed by atoms with E-state index in [1.165, 1.54) is 50.0 Å². The van der Waals surface area contributed by atoms with Gasteiger partial charge in [0.1, 0.15) is 0 Å². The molecule has 1 aliphatic heterocycles. The van der Waals surface area contributed by atoms with Crippen LogP contribution in [0.3, 0.4) is 0 Å². The summed E-state index contributed by atoms with van der Waals surface area (Å²) < 4.78 is 0. The van der Waals surface area contributed by atoms with E-state index in [1.807, 2.05) is 0 Å². The maximum absolute atomic E-state index is 3.46. The lowest BCUT2D eigenvalue weighted by Gasteiger charge is -2.25. The highest BCUT2D eigenvalue weighted by Gasteiger charge is 2.22. The zero-order chi connectivity index (χ0) is 14.4. The molecule has 20 heavy (non-hydrogen) atoms. The molecule has 0 amide bonds. The van der Waals surface area contributed by atoms with Gasteiger partial charge in [0.2, 0.25) is 0 Å². The minimum Gasteiger partial charge on any atom is -0.372 e. The second-order valence-electron chi connectivity index (χ2n) is 6.85. The summed E-state index contributed by atoms with van der Waals surface area (Å²) in [5.74, 6) is 0. The van der Waals surface area contributed by atoms with Gasteiger partial charge in [0.25, 0.3) is 0 Å². The van der Waals surface area contributed by atoms with Gasteiger partial charge in [0.15, 0.2) is 0 Å². The molecule has 2 nitrogen and oxygen atoms in total. The fourth-order valence-electron chi connectivity index (χ4n) is 2.92. The van der Waals surface area contributed by atoms with Gasteiger partial charge in [-0.2, -0.15) is 0 Å². The normalized spacial score (nSPS) is 18.9. The van der Waals surface area contributed by atoms with Crippen LogP contribution in [0.4, 0.5) is 5.69 Å². The summed E-state index contributed by atoms with van der Waals surface area (Å²) in [6, 6.07) is 9.13. The maximum atomic E-state index is 3.46. The van der Waals surface area contributed by atoms with Crippen LogP contribution in [0.25, 0.3) is 0 Å². The van der Waals surface area contributed by atoms with Crippen LogP contribution < -0.4 is 10.2 Å². The van der Waals surface area contributed by atoms with Crippen molar-refractivity contribution in [3.63, 3.8) is 0 Å². The molecular weight excluding hydrogens is 244 g/mol. The Labute approximate surface area is 124 Å². The van der Waals surface area contributed by atoms with E-state index in [2.05, 4.69) is 55.3 Å². The van der Waals surface area contributed by atoms with Crippen LogP contribution >= 0.6 is 0 Å². The average molecular weight is 274 g/mol. The van der Waals surface area contributed by atoms with Crippen molar-refractivity contribution in [1.82, 2.24) is 5.32 Å². The Hall–Kier alpha value is -1.02. The van der Waals surface area contributed by atoms with Crippen LogP contribution in [-0.4, -0.2) is 19.6 Å². The molecule has 1 fully saturated rings. The van der Waals surface area contributed by atoms with Crippen LogP contribution in [0.5, 0.6) is 0 Å². The summed E-state index contributed by atoms with van der Waals surface area (Å²) in [7, 11) is 0. The Kier molecular flexibility index (Phi) is 5.47. The number of hydrogen-bond acceptors (Lipinski definition) is 2. The summed E-state index contributed by atoms with van der Waals surface area (Å²) in [6.45, 7) is 11.5. The molecule has 1 heterocycles. The fraction of sp³-hybridized carbons (Fsp3) is 0.667. The summed E-state index contributed by atoms with van der Waals surface area (Å²) >= 11 is 0. The first-order valence-electron chi connectivity index (χ1n) is 8.15. The van der Waals surface area contributed by atoms with Crippen LogP contribution in [0, 0.1) is 5.41 Å². The predicted octanol–water partition coefficient (Wildman–Crippen LogP) is 4.20. The average Bonchev–Trinajstić information content (AvgIpc) is 2.61. The minimum atomic E-state index is 0.513. The van der Waals surface area contributed by atoms with E-state index in [0.29, 0.717) is 5.41 Å². The number of nitrogens with zero attached hydrogens (tertiary/aromatic N) is 1. The Morgan fingerprint density at radius 3 is 2.55 bits per heavy atom. The van der Waals surface area contributed by atoms with E-state index < -0.39 is 0 Å². The number of hydrogen-bond donors (Lipinski definition) is 1. The SMILES string of the molecule is CCCNCc1ccc(N2CCCC(C)(C)CC2)cc1. The lowest BCUT2D eigenvalue weighted by Crippen LogP contribution is -2.25. The quantitative estimate of drug-likeness (QED) is 0.809. The molecule has 0 aliphatic carbocycles. The predicted molar refractivity (Wildman–Crippen MR) is 88.3 cm³/mol. The third-order valence-corrected chi connectivity index (χ3v) is 4.40. The van der Waals surface area contributed by atoms with Crippen molar-refractivity contribution in [2.75, 3.05) is 24.5 Å². The molecule has 1 aromatic rings. The molecule has 0 atom stereocenters. The highest BCUT2D eigenvalue weighted by Crippen LogP contribution is 2.31. The molecule has 2 rings (SSSR count). The standard InChI is InChI=1S/C18H30N2/c1-4-12-19-15-16-6-8-17(9-7-16)20-13-5-10-18(2,3)11-14-20/h6-9,19H,4-5,10-15H2,1-3H3. The molecule has 1 saturated heterocycles. The van der Waals surface area contributed by atoms with Crippen molar-refractivity contribution >= 4 is 5.69 Å². The van der Waals surface area contributed by atoms with Crippen LogP contribution in [0.2, 0.25) is 0 Å². The van der Waals surface area contributed by atoms with E-state index in [9.17, 15) is 0 Å². The molecule has 0 bridgehead atoms. The lowest BCUT2D eigenvalue weighted by atomic mass is 9.85. The van der Waals surface area contributed by atoms with E-state index in [4.69, 9.17) is 0 Å². The molecule has 1 N–H and O–H groups in total. The van der Waals surface area contributed by atoms with Crippen molar-refractivity contribution in [1.29, 1.82) is 0 Å². The molecule has 1 aromatic carbocycles. The number of benzene rings is 1. The Morgan fingerprint density at radius 2 is 1.85 bits per heavy atom. The first-order valence-corrected chi connectivity index (χ1v) is 8.15. The number of rotatable bonds is 5. The second-order valence-corrected chi connectivity index (χ2v) is 6.85. The fourth-order valence-corrected chi connectivity index (χ4v) is 2.92. The largest absolute Gasteiger partial charge is 0.372 e. The molecular formula is C18H30N2. The van der Waals surface area contributed by atoms with Gasteiger partial charge in [-0.15, -0.1) is 0 Å². The van der Waals surface area contributed by atoms with Crippen molar-refractivity contribution in [3.05, 3.63) is 29.8 Å². The number of anilines is 1. The van der Waals surface area contributed by atoms with Gasteiger partial charge >= 0.3 is 0 Å². The molecule has 112 valence electrons. The molecule has 0 aromatic heterocycles. The summed E-state index contributed by atoms with van der Waals surface area (Å²) in [5.41, 5.74) is 3.29. The van der Waals surface area contributed by atoms with E-state index in [1.54, 1.807) is 0 Å². The van der Waals surface area contributed by atoms with E-state index >= 15 is 0 Å². The first kappa shape index (κ1) is 15.4. The number of nitrogens with one attached hydrogen (secondary N) is 1. The first-order chi connectivity index (χ1) is 9.61. The lowest BCUT2D eigenvalue weighted by molar-refractivity contribution is 0.325. The van der Waals surface area contributed by atoms with E-state index in [0.717, 1.165) is 13.1 Å². The smallest absolute Gasteiger partial charge is 0.0366 e. The Bertz CT molecular complexity index is 394. The van der Waals surface area contributed by atoms with E-state index in [-0.39, 0.29) is 0 Å². The van der Waals surface area contributed by atoms with Crippen molar-refractivity contribution in [3.8, 4) is 0 Å². The van der Waals surface area contributed by atoms with Crippen LogP contribution in [-0.2, 0) is 6.54 Å². The van der Waals surface area contributed by atoms with Gasteiger partial charge in [0, 0.05) is 25.3 Å². The van der Waals surface area contributed by atoms with Gasteiger partial charge in [-0.25, -0.2) is 0 Å². The van der Waals surface area contributed by atoms with Gasteiger partial charge < -0.3 is 10.2 Å². The van der Waals surface area contributed by atoms with Crippen LogP contribution in [0.15, 0.2) is 24.3 Å². The van der Waals surface area contributed by atoms with Crippen molar-refractivity contribution in [2.24, 2.45) is 5.41 Å². The summed E-state index contributed by atoms with van der Waals surface area (Å²) in [5, 5.41) is 3.46. The highest BCUT2D eigenvalue weighted by atomic mass is 15.1. The summed E-state index contributed by atoms with van der Waals surface area (Å²) in [4.78, 5) is 2.55. The molecule has 0 radical (unpaired) electrons. The third kappa shape index (κ3) is 4.52. The van der Waals surface area contributed by atoms with Crippen molar-refractivity contribution in [2.45, 2.75) is 53.0 Å². The van der Waals surface area contributed by atoms with Gasteiger partial charge in [-0.05, 0) is 55.3 Å². The Morgan fingerprint density at radius 1 is 1.10 bits per heavy atom. The van der Waals surface area contributed by atoms with Crippen molar-refractivity contribution < 1.29 is 0 Å². The topological polar surface area (TPSA) is 15.3 Å². The Balaban J connectivity index is 1.92. The third-order valence-electron chi connectivity index (χ3n) is 4.40. The molecule has 0 saturated carbocycles.